The minimum absolute atomic E-state index is 0. The summed E-state index contributed by atoms with van der Waals surface area (Å²) in [5, 5.41) is 7.63. The zero-order valence-electron chi connectivity index (χ0n) is 13.4. The quantitative estimate of drug-likeness (QED) is 0.295. The molecule has 1 rings (SSSR count). The number of hydrogen-bond donors (Lipinski definition) is 2. The third kappa shape index (κ3) is 6.89. The molecule has 7 heteroatoms. The molecule has 0 aliphatic rings. The second-order valence-electron chi connectivity index (χ2n) is 5.36. The van der Waals surface area contributed by atoms with E-state index in [4.69, 9.17) is 27.9 Å². The van der Waals surface area contributed by atoms with Crippen LogP contribution in [0.3, 0.4) is 0 Å². The van der Waals surface area contributed by atoms with Crippen LogP contribution in [-0.4, -0.2) is 39.8 Å². The van der Waals surface area contributed by atoms with Gasteiger partial charge in [0, 0.05) is 32.7 Å². The summed E-state index contributed by atoms with van der Waals surface area (Å²) in [6.45, 7) is 6.35. The second kappa shape index (κ2) is 10.5. The standard InChI is InChI=1S/C15H23Cl2N3O.HI/c1-15(2,11-5-6-12(16)13(17)9-11)10-20-14(18-3)19-7-8-21-4;/h5-6,9H,7-8,10H2,1-4H3,(H2,18,19,20);1H. The fraction of sp³-hybridized carbons (Fsp3) is 0.533. The fourth-order valence-electron chi connectivity index (χ4n) is 1.82. The van der Waals surface area contributed by atoms with Crippen molar-refractivity contribution in [2.75, 3.05) is 33.9 Å². The van der Waals surface area contributed by atoms with Gasteiger partial charge in [-0.05, 0) is 17.7 Å². The molecule has 0 fully saturated rings. The summed E-state index contributed by atoms with van der Waals surface area (Å²) in [7, 11) is 3.42. The van der Waals surface area contributed by atoms with E-state index in [0.29, 0.717) is 23.2 Å². The summed E-state index contributed by atoms with van der Waals surface area (Å²) in [6.07, 6.45) is 0. The number of halogens is 3. The topological polar surface area (TPSA) is 45.7 Å². The smallest absolute Gasteiger partial charge is 0.191 e. The molecular formula is C15H24Cl2IN3O. The minimum Gasteiger partial charge on any atom is -0.383 e. The Labute approximate surface area is 160 Å². The molecular weight excluding hydrogens is 436 g/mol. The van der Waals surface area contributed by atoms with Crippen LogP contribution in [-0.2, 0) is 10.2 Å². The molecule has 0 aliphatic heterocycles. The van der Waals surface area contributed by atoms with Gasteiger partial charge in [-0.1, -0.05) is 43.1 Å². The van der Waals surface area contributed by atoms with Crippen LogP contribution in [0.25, 0.3) is 0 Å². The number of benzene rings is 1. The van der Waals surface area contributed by atoms with E-state index in [1.165, 1.54) is 0 Å². The Kier molecular flexibility index (Phi) is 10.4. The van der Waals surface area contributed by atoms with Gasteiger partial charge in [-0.3, -0.25) is 4.99 Å². The van der Waals surface area contributed by atoms with Gasteiger partial charge in [0.25, 0.3) is 0 Å². The van der Waals surface area contributed by atoms with Crippen molar-refractivity contribution in [3.63, 3.8) is 0 Å². The first-order valence-corrected chi connectivity index (χ1v) is 7.55. The zero-order valence-corrected chi connectivity index (χ0v) is 17.2. The van der Waals surface area contributed by atoms with E-state index in [1.54, 1.807) is 14.2 Å². The van der Waals surface area contributed by atoms with Crippen molar-refractivity contribution in [2.45, 2.75) is 19.3 Å². The summed E-state index contributed by atoms with van der Waals surface area (Å²) >= 11 is 12.1. The predicted molar refractivity (Wildman–Crippen MR) is 106 cm³/mol. The van der Waals surface area contributed by atoms with E-state index in [0.717, 1.165) is 18.1 Å². The molecule has 126 valence electrons. The van der Waals surface area contributed by atoms with Gasteiger partial charge in [-0.25, -0.2) is 0 Å². The minimum atomic E-state index is -0.104. The number of ether oxygens (including phenoxy) is 1. The molecule has 0 amide bonds. The summed E-state index contributed by atoms with van der Waals surface area (Å²) in [5.74, 6) is 0.750. The SMILES string of the molecule is CN=C(NCCOC)NCC(C)(C)c1ccc(Cl)c(Cl)c1.I. The Hall–Kier alpha value is -0.240. The third-order valence-electron chi connectivity index (χ3n) is 3.22. The molecule has 0 aliphatic carbocycles. The molecule has 1 aromatic rings. The summed E-state index contributed by atoms with van der Waals surface area (Å²) in [6, 6.07) is 5.73. The molecule has 4 nitrogen and oxygen atoms in total. The van der Waals surface area contributed by atoms with Gasteiger partial charge in [0.05, 0.1) is 16.7 Å². The van der Waals surface area contributed by atoms with Gasteiger partial charge in [0.15, 0.2) is 5.96 Å². The summed E-state index contributed by atoms with van der Waals surface area (Å²) < 4.78 is 5.00. The van der Waals surface area contributed by atoms with Crippen LogP contribution in [0.2, 0.25) is 10.0 Å². The number of guanidine groups is 1. The Balaban J connectivity index is 0.00000441. The molecule has 0 bridgehead atoms. The molecule has 1 aromatic carbocycles. The average molecular weight is 460 g/mol. The number of aliphatic imine (C=N–C) groups is 1. The van der Waals surface area contributed by atoms with Crippen LogP contribution in [0.15, 0.2) is 23.2 Å². The fourth-order valence-corrected chi connectivity index (χ4v) is 2.11. The molecule has 2 N–H and O–H groups in total. The van der Waals surface area contributed by atoms with E-state index in [1.807, 2.05) is 18.2 Å². The Morgan fingerprint density at radius 1 is 1.23 bits per heavy atom. The highest BCUT2D eigenvalue weighted by Gasteiger charge is 2.21. The number of hydrogen-bond acceptors (Lipinski definition) is 2. The van der Waals surface area contributed by atoms with Gasteiger partial charge in [0.2, 0.25) is 0 Å². The maximum absolute atomic E-state index is 6.09. The van der Waals surface area contributed by atoms with E-state index in [9.17, 15) is 0 Å². The molecule has 0 radical (unpaired) electrons. The van der Waals surface area contributed by atoms with Crippen molar-refractivity contribution < 1.29 is 4.74 Å². The van der Waals surface area contributed by atoms with Gasteiger partial charge < -0.3 is 15.4 Å². The van der Waals surface area contributed by atoms with Crippen LogP contribution >= 0.6 is 47.2 Å². The molecule has 0 heterocycles. The first kappa shape index (κ1) is 21.8. The lowest BCUT2D eigenvalue weighted by Crippen LogP contribution is -2.44. The van der Waals surface area contributed by atoms with Crippen molar-refractivity contribution in [1.29, 1.82) is 0 Å². The zero-order chi connectivity index (χ0) is 15.9. The first-order chi connectivity index (χ1) is 9.90. The normalized spacial score (nSPS) is 11.8. The maximum atomic E-state index is 6.09. The van der Waals surface area contributed by atoms with Crippen molar-refractivity contribution in [3.05, 3.63) is 33.8 Å². The van der Waals surface area contributed by atoms with Crippen molar-refractivity contribution in [2.24, 2.45) is 4.99 Å². The van der Waals surface area contributed by atoms with Crippen molar-refractivity contribution in [3.8, 4) is 0 Å². The van der Waals surface area contributed by atoms with E-state index < -0.39 is 0 Å². The average Bonchev–Trinajstić information content (AvgIpc) is 2.45. The Morgan fingerprint density at radius 2 is 1.91 bits per heavy atom. The summed E-state index contributed by atoms with van der Waals surface area (Å²) in [5.41, 5.74) is 1.02. The Morgan fingerprint density at radius 3 is 2.45 bits per heavy atom. The van der Waals surface area contributed by atoms with Crippen LogP contribution in [0.5, 0.6) is 0 Å². The Bertz CT molecular complexity index is 496. The number of methoxy groups -OCH3 is 1. The molecule has 0 saturated heterocycles. The lowest BCUT2D eigenvalue weighted by molar-refractivity contribution is 0.203. The highest BCUT2D eigenvalue weighted by atomic mass is 127. The highest BCUT2D eigenvalue weighted by molar-refractivity contribution is 14.0. The van der Waals surface area contributed by atoms with Gasteiger partial charge in [0.1, 0.15) is 0 Å². The largest absolute Gasteiger partial charge is 0.383 e. The number of nitrogens with one attached hydrogen (secondary N) is 2. The summed E-state index contributed by atoms with van der Waals surface area (Å²) in [4.78, 5) is 4.18. The van der Waals surface area contributed by atoms with Crippen LogP contribution in [0.1, 0.15) is 19.4 Å². The van der Waals surface area contributed by atoms with E-state index >= 15 is 0 Å². The van der Waals surface area contributed by atoms with Crippen LogP contribution in [0, 0.1) is 0 Å². The maximum Gasteiger partial charge on any atom is 0.191 e. The second-order valence-corrected chi connectivity index (χ2v) is 6.17. The lowest BCUT2D eigenvalue weighted by Gasteiger charge is -2.27. The molecule has 0 spiro atoms. The van der Waals surface area contributed by atoms with Crippen molar-refractivity contribution >= 4 is 53.1 Å². The predicted octanol–water partition coefficient (Wildman–Crippen LogP) is 3.70. The van der Waals surface area contributed by atoms with Gasteiger partial charge >= 0.3 is 0 Å². The number of nitrogens with zero attached hydrogens (tertiary/aromatic N) is 1. The van der Waals surface area contributed by atoms with Gasteiger partial charge in [-0.2, -0.15) is 0 Å². The van der Waals surface area contributed by atoms with E-state index in [2.05, 4.69) is 29.5 Å². The van der Waals surface area contributed by atoms with Gasteiger partial charge in [-0.15, -0.1) is 24.0 Å². The molecule has 0 atom stereocenters. The lowest BCUT2D eigenvalue weighted by atomic mass is 9.84. The number of rotatable bonds is 6. The molecule has 0 aromatic heterocycles. The van der Waals surface area contributed by atoms with Crippen molar-refractivity contribution in [1.82, 2.24) is 10.6 Å². The van der Waals surface area contributed by atoms with Crippen LogP contribution in [0.4, 0.5) is 0 Å². The van der Waals surface area contributed by atoms with Crippen LogP contribution < -0.4 is 10.6 Å². The molecule has 0 unspecified atom stereocenters. The monoisotopic (exact) mass is 459 g/mol. The highest BCUT2D eigenvalue weighted by Crippen LogP contribution is 2.29. The molecule has 0 saturated carbocycles. The molecule has 22 heavy (non-hydrogen) atoms. The third-order valence-corrected chi connectivity index (χ3v) is 3.96. The van der Waals surface area contributed by atoms with E-state index in [-0.39, 0.29) is 29.4 Å². The first-order valence-electron chi connectivity index (χ1n) is 6.79.